The van der Waals surface area contributed by atoms with Crippen LogP contribution in [0.3, 0.4) is 0 Å². The Kier molecular flexibility index (Phi) is 4.05. The normalized spacial score (nSPS) is 14.5. The van der Waals surface area contributed by atoms with Crippen LogP contribution in [0.4, 0.5) is 0 Å². The summed E-state index contributed by atoms with van der Waals surface area (Å²) >= 11 is 0. The third kappa shape index (κ3) is 2.88. The zero-order chi connectivity index (χ0) is 18.1. The van der Waals surface area contributed by atoms with Crippen LogP contribution in [0.15, 0.2) is 54.1 Å². The second kappa shape index (κ2) is 6.52. The fourth-order valence-electron chi connectivity index (χ4n) is 3.17. The van der Waals surface area contributed by atoms with Crippen molar-refractivity contribution < 1.29 is 14.3 Å². The average molecular weight is 346 g/mol. The van der Waals surface area contributed by atoms with Gasteiger partial charge in [-0.2, -0.15) is 5.10 Å². The first-order valence-corrected chi connectivity index (χ1v) is 8.30. The smallest absolute Gasteiger partial charge is 0.189 e. The Morgan fingerprint density at radius 3 is 2.46 bits per heavy atom. The van der Waals surface area contributed by atoms with E-state index in [0.29, 0.717) is 17.9 Å². The maximum atomic E-state index is 12.5. The Morgan fingerprint density at radius 2 is 1.77 bits per heavy atom. The molecule has 0 unspecified atom stereocenters. The van der Waals surface area contributed by atoms with E-state index in [1.165, 1.54) is 0 Å². The van der Waals surface area contributed by atoms with Gasteiger partial charge in [0.25, 0.3) is 0 Å². The van der Waals surface area contributed by atoms with Gasteiger partial charge in [0.15, 0.2) is 5.78 Å². The molecule has 5 heteroatoms. The maximum absolute atomic E-state index is 12.5. The van der Waals surface area contributed by atoms with Crippen LogP contribution >= 0.6 is 0 Å². The molecule has 1 heterocycles. The first-order chi connectivity index (χ1) is 12.7. The highest BCUT2D eigenvalue weighted by Crippen LogP contribution is 2.30. The van der Waals surface area contributed by atoms with Gasteiger partial charge < -0.3 is 9.47 Å². The molecule has 0 aliphatic heterocycles. The molecule has 130 valence electrons. The zero-order valence-corrected chi connectivity index (χ0v) is 14.6. The molecule has 2 aromatic carbocycles. The van der Waals surface area contributed by atoms with Crippen molar-refractivity contribution in [3.05, 3.63) is 70.9 Å². The average Bonchev–Trinajstić information content (AvgIpc) is 3.27. The van der Waals surface area contributed by atoms with E-state index in [9.17, 15) is 4.79 Å². The summed E-state index contributed by atoms with van der Waals surface area (Å²) in [4.78, 5) is 12.5. The minimum Gasteiger partial charge on any atom is -0.497 e. The summed E-state index contributed by atoms with van der Waals surface area (Å²) in [6.07, 6.45) is 2.52. The predicted octanol–water partition coefficient (Wildman–Crippen LogP) is 3.92. The zero-order valence-electron chi connectivity index (χ0n) is 14.6. The number of ether oxygens (including phenoxy) is 2. The molecule has 1 aromatic heterocycles. The lowest BCUT2D eigenvalue weighted by Gasteiger charge is -2.06. The summed E-state index contributed by atoms with van der Waals surface area (Å²) in [7, 11) is 3.23. The van der Waals surface area contributed by atoms with Crippen LogP contribution in [0.25, 0.3) is 17.3 Å². The Hall–Kier alpha value is -3.34. The monoisotopic (exact) mass is 346 g/mol. The highest BCUT2D eigenvalue weighted by atomic mass is 16.5. The highest BCUT2D eigenvalue weighted by molar-refractivity contribution is 6.15. The van der Waals surface area contributed by atoms with Gasteiger partial charge in [-0.1, -0.05) is 24.3 Å². The van der Waals surface area contributed by atoms with Crippen LogP contribution in [0.2, 0.25) is 0 Å². The molecule has 1 N–H and O–H groups in total. The van der Waals surface area contributed by atoms with E-state index in [4.69, 9.17) is 9.47 Å². The minimum atomic E-state index is 0.0831. The lowest BCUT2D eigenvalue weighted by molar-refractivity contribution is 0.104. The number of carbonyl (C=O) groups is 1. The van der Waals surface area contributed by atoms with Gasteiger partial charge in [-0.3, -0.25) is 9.89 Å². The predicted molar refractivity (Wildman–Crippen MR) is 99.6 cm³/mol. The summed E-state index contributed by atoms with van der Waals surface area (Å²) in [5.74, 6) is 1.48. The molecule has 0 amide bonds. The number of allylic oxidation sites excluding steroid dienone is 1. The maximum Gasteiger partial charge on any atom is 0.189 e. The third-order valence-electron chi connectivity index (χ3n) is 4.51. The van der Waals surface area contributed by atoms with Gasteiger partial charge in [-0.05, 0) is 29.8 Å². The van der Waals surface area contributed by atoms with E-state index < -0.39 is 0 Å². The van der Waals surface area contributed by atoms with Gasteiger partial charge in [0.2, 0.25) is 0 Å². The summed E-state index contributed by atoms with van der Waals surface area (Å²) in [6, 6.07) is 15.2. The summed E-state index contributed by atoms with van der Waals surface area (Å²) < 4.78 is 10.6. The number of rotatable bonds is 4. The lowest BCUT2D eigenvalue weighted by atomic mass is 10.1. The van der Waals surface area contributed by atoms with Crippen molar-refractivity contribution in [3.8, 4) is 22.8 Å². The Morgan fingerprint density at radius 1 is 1.04 bits per heavy atom. The van der Waals surface area contributed by atoms with Gasteiger partial charge in [0.05, 0.1) is 25.6 Å². The van der Waals surface area contributed by atoms with E-state index in [1.807, 2.05) is 54.6 Å². The number of benzene rings is 2. The number of hydrogen-bond donors (Lipinski definition) is 1. The molecule has 26 heavy (non-hydrogen) atoms. The number of fused-ring (bicyclic) bond motifs is 1. The van der Waals surface area contributed by atoms with Crippen molar-refractivity contribution >= 4 is 11.9 Å². The van der Waals surface area contributed by atoms with Crippen molar-refractivity contribution in [2.24, 2.45) is 0 Å². The van der Waals surface area contributed by atoms with E-state index in [0.717, 1.165) is 33.7 Å². The Bertz CT molecular complexity index is 995. The molecular weight excluding hydrogens is 328 g/mol. The molecule has 0 saturated heterocycles. The topological polar surface area (TPSA) is 64.2 Å². The molecule has 0 radical (unpaired) electrons. The number of carbonyl (C=O) groups excluding carboxylic acids is 1. The second-order valence-electron chi connectivity index (χ2n) is 6.14. The number of ketones is 1. The van der Waals surface area contributed by atoms with Crippen LogP contribution in [0, 0.1) is 0 Å². The van der Waals surface area contributed by atoms with Gasteiger partial charge in [-0.15, -0.1) is 0 Å². The second-order valence-corrected chi connectivity index (χ2v) is 6.14. The summed E-state index contributed by atoms with van der Waals surface area (Å²) in [5, 5.41) is 7.35. The number of nitrogens with one attached hydrogen (secondary N) is 1. The van der Waals surface area contributed by atoms with Crippen molar-refractivity contribution in [2.45, 2.75) is 6.42 Å². The van der Waals surface area contributed by atoms with Gasteiger partial charge in [0.1, 0.15) is 11.5 Å². The molecular formula is C21H18N2O3. The SMILES string of the molecule is COc1cc(OC)cc(-c2cc(C=C3Cc4ccccc4C3=O)[nH]n2)c1. The van der Waals surface area contributed by atoms with Gasteiger partial charge in [-0.25, -0.2) is 0 Å². The molecule has 0 spiro atoms. The van der Waals surface area contributed by atoms with Crippen LogP contribution in [0.5, 0.6) is 11.5 Å². The molecule has 0 bridgehead atoms. The van der Waals surface area contributed by atoms with E-state index >= 15 is 0 Å². The molecule has 5 nitrogen and oxygen atoms in total. The van der Waals surface area contributed by atoms with E-state index in [-0.39, 0.29) is 5.78 Å². The standard InChI is InChI=1S/C21H18N2O3/c1-25-17-9-14(10-18(12-17)26-2)20-11-16(22-23-20)8-15-7-13-5-3-4-6-19(13)21(15)24/h3-6,8-12H,7H2,1-2H3,(H,22,23). The van der Waals surface area contributed by atoms with Crippen LogP contribution in [-0.4, -0.2) is 30.2 Å². The molecule has 0 atom stereocenters. The lowest BCUT2D eigenvalue weighted by Crippen LogP contribution is -1.94. The molecule has 3 aromatic rings. The van der Waals surface area contributed by atoms with Crippen molar-refractivity contribution in [1.29, 1.82) is 0 Å². The van der Waals surface area contributed by atoms with Crippen molar-refractivity contribution in [2.75, 3.05) is 14.2 Å². The molecule has 1 aliphatic rings. The molecule has 4 rings (SSSR count). The highest BCUT2D eigenvalue weighted by Gasteiger charge is 2.24. The molecule has 1 aliphatic carbocycles. The fraction of sp³-hybridized carbons (Fsp3) is 0.143. The minimum absolute atomic E-state index is 0.0831. The Labute approximate surface area is 151 Å². The number of H-pyrrole nitrogens is 1. The number of nitrogens with zero attached hydrogens (tertiary/aromatic N) is 1. The molecule has 0 saturated carbocycles. The number of Topliss-reactive ketones (excluding diaryl/α,β-unsaturated/α-hetero) is 1. The quantitative estimate of drug-likeness (QED) is 0.727. The van der Waals surface area contributed by atoms with E-state index in [2.05, 4.69) is 10.2 Å². The summed E-state index contributed by atoms with van der Waals surface area (Å²) in [6.45, 7) is 0. The largest absolute Gasteiger partial charge is 0.497 e. The fourth-order valence-corrected chi connectivity index (χ4v) is 3.17. The number of aromatic amines is 1. The Balaban J connectivity index is 1.65. The van der Waals surface area contributed by atoms with Gasteiger partial charge >= 0.3 is 0 Å². The van der Waals surface area contributed by atoms with Gasteiger partial charge in [0, 0.05) is 29.2 Å². The number of hydrogen-bond acceptors (Lipinski definition) is 4. The van der Waals surface area contributed by atoms with Crippen LogP contribution in [-0.2, 0) is 6.42 Å². The van der Waals surface area contributed by atoms with Crippen LogP contribution < -0.4 is 9.47 Å². The first kappa shape index (κ1) is 16.1. The summed E-state index contributed by atoms with van der Waals surface area (Å²) in [5.41, 5.74) is 5.06. The van der Waals surface area contributed by atoms with Crippen LogP contribution in [0.1, 0.15) is 21.6 Å². The van der Waals surface area contributed by atoms with E-state index in [1.54, 1.807) is 14.2 Å². The number of aromatic nitrogens is 2. The third-order valence-corrected chi connectivity index (χ3v) is 4.51. The number of methoxy groups -OCH3 is 2. The van der Waals surface area contributed by atoms with Crippen molar-refractivity contribution in [1.82, 2.24) is 10.2 Å². The van der Waals surface area contributed by atoms with Crippen molar-refractivity contribution in [3.63, 3.8) is 0 Å². The first-order valence-electron chi connectivity index (χ1n) is 8.30. The molecule has 0 fully saturated rings.